The summed E-state index contributed by atoms with van der Waals surface area (Å²) in [6.45, 7) is 2.29. The molecule has 19 heavy (non-hydrogen) atoms. The SMILES string of the molecule is CCCCCCCCCCCCCCCCC(N)Br. The summed E-state index contributed by atoms with van der Waals surface area (Å²) in [7, 11) is 0. The molecule has 0 spiro atoms. The van der Waals surface area contributed by atoms with Gasteiger partial charge in [-0.05, 0) is 6.42 Å². The van der Waals surface area contributed by atoms with Crippen LogP contribution in [0.25, 0.3) is 0 Å². The van der Waals surface area contributed by atoms with Gasteiger partial charge in [-0.15, -0.1) is 0 Å². The molecule has 0 bridgehead atoms. The van der Waals surface area contributed by atoms with Crippen molar-refractivity contribution in [3.63, 3.8) is 0 Å². The zero-order valence-electron chi connectivity index (χ0n) is 13.1. The Labute approximate surface area is 130 Å². The minimum absolute atomic E-state index is 0.213. The summed E-state index contributed by atoms with van der Waals surface area (Å²) in [4.78, 5) is 0.213. The summed E-state index contributed by atoms with van der Waals surface area (Å²) in [5.41, 5.74) is 5.66. The molecule has 0 aliphatic carbocycles. The van der Waals surface area contributed by atoms with Crippen LogP contribution in [0.4, 0.5) is 0 Å². The number of halogens is 1. The molecule has 0 heterocycles. The molecule has 0 rings (SSSR count). The largest absolute Gasteiger partial charge is 0.319 e. The third-order valence-electron chi connectivity index (χ3n) is 3.83. The van der Waals surface area contributed by atoms with Crippen LogP contribution in [0.15, 0.2) is 0 Å². The van der Waals surface area contributed by atoms with Gasteiger partial charge in [0.15, 0.2) is 0 Å². The monoisotopic (exact) mass is 333 g/mol. The maximum absolute atomic E-state index is 5.66. The van der Waals surface area contributed by atoms with Crippen molar-refractivity contribution in [1.29, 1.82) is 0 Å². The Morgan fingerprint density at radius 3 is 1.26 bits per heavy atom. The highest BCUT2D eigenvalue weighted by molar-refractivity contribution is 9.09. The van der Waals surface area contributed by atoms with Gasteiger partial charge in [0, 0.05) is 0 Å². The Morgan fingerprint density at radius 1 is 0.632 bits per heavy atom. The third kappa shape index (κ3) is 18.4. The highest BCUT2D eigenvalue weighted by Crippen LogP contribution is 2.13. The number of nitrogens with two attached hydrogens (primary N) is 1. The van der Waals surface area contributed by atoms with Gasteiger partial charge in [0.05, 0.1) is 4.95 Å². The van der Waals surface area contributed by atoms with Gasteiger partial charge in [-0.3, -0.25) is 0 Å². The van der Waals surface area contributed by atoms with E-state index >= 15 is 0 Å². The van der Waals surface area contributed by atoms with Crippen molar-refractivity contribution in [1.82, 2.24) is 0 Å². The van der Waals surface area contributed by atoms with Crippen LogP contribution in [0.5, 0.6) is 0 Å². The van der Waals surface area contributed by atoms with Crippen LogP contribution in [-0.2, 0) is 0 Å². The topological polar surface area (TPSA) is 26.0 Å². The van der Waals surface area contributed by atoms with E-state index in [2.05, 4.69) is 22.9 Å². The fourth-order valence-corrected chi connectivity index (χ4v) is 2.86. The molecule has 0 aromatic carbocycles. The van der Waals surface area contributed by atoms with Gasteiger partial charge in [-0.2, -0.15) is 0 Å². The maximum Gasteiger partial charge on any atom is 0.0605 e. The fraction of sp³-hybridized carbons (Fsp3) is 1.00. The molecule has 2 N–H and O–H groups in total. The molecule has 1 unspecified atom stereocenters. The molecule has 0 aliphatic heterocycles. The van der Waals surface area contributed by atoms with E-state index in [1.54, 1.807) is 0 Å². The fourth-order valence-electron chi connectivity index (χ4n) is 2.53. The van der Waals surface area contributed by atoms with E-state index in [1.165, 1.54) is 89.9 Å². The van der Waals surface area contributed by atoms with Crippen LogP contribution < -0.4 is 5.73 Å². The minimum Gasteiger partial charge on any atom is -0.319 e. The average Bonchev–Trinajstić information content (AvgIpc) is 2.39. The molecule has 0 aromatic heterocycles. The first-order valence-corrected chi connectivity index (χ1v) is 9.58. The summed E-state index contributed by atoms with van der Waals surface area (Å²) in [5, 5.41) is 0. The quantitative estimate of drug-likeness (QED) is 0.205. The minimum atomic E-state index is 0.213. The van der Waals surface area contributed by atoms with E-state index < -0.39 is 0 Å². The Bertz CT molecular complexity index is 159. The van der Waals surface area contributed by atoms with Crippen LogP contribution >= 0.6 is 15.9 Å². The molecule has 0 aromatic rings. The van der Waals surface area contributed by atoms with E-state index in [0.717, 1.165) is 6.42 Å². The Balaban J connectivity index is 2.91. The Kier molecular flexibility index (Phi) is 16.9. The first-order valence-electron chi connectivity index (χ1n) is 8.67. The van der Waals surface area contributed by atoms with Crippen LogP contribution in [0.1, 0.15) is 103 Å². The van der Waals surface area contributed by atoms with Gasteiger partial charge in [-0.25, -0.2) is 0 Å². The second-order valence-electron chi connectivity index (χ2n) is 5.90. The number of hydrogen-bond donors (Lipinski definition) is 1. The molecule has 1 atom stereocenters. The molecule has 2 heteroatoms. The van der Waals surface area contributed by atoms with Crippen LogP contribution in [0, 0.1) is 0 Å². The Hall–Kier alpha value is 0.440. The molecule has 0 fully saturated rings. The van der Waals surface area contributed by atoms with E-state index in [9.17, 15) is 0 Å². The lowest BCUT2D eigenvalue weighted by atomic mass is 10.0. The molecule has 0 aliphatic rings. The van der Waals surface area contributed by atoms with Crippen molar-refractivity contribution in [2.45, 2.75) is 108 Å². The summed E-state index contributed by atoms with van der Waals surface area (Å²) < 4.78 is 0. The molecule has 116 valence electrons. The first-order chi connectivity index (χ1) is 9.27. The second-order valence-corrected chi connectivity index (χ2v) is 7.08. The summed E-state index contributed by atoms with van der Waals surface area (Å²) >= 11 is 3.39. The smallest absolute Gasteiger partial charge is 0.0605 e. The molecular weight excluding hydrogens is 298 g/mol. The van der Waals surface area contributed by atoms with Crippen molar-refractivity contribution in [2.75, 3.05) is 0 Å². The highest BCUT2D eigenvalue weighted by Gasteiger charge is 1.96. The number of rotatable bonds is 15. The average molecular weight is 334 g/mol. The van der Waals surface area contributed by atoms with Crippen molar-refractivity contribution >= 4 is 15.9 Å². The van der Waals surface area contributed by atoms with Gasteiger partial charge in [0.1, 0.15) is 0 Å². The summed E-state index contributed by atoms with van der Waals surface area (Å²) in [6.07, 6.45) is 21.0. The van der Waals surface area contributed by atoms with E-state index in [-0.39, 0.29) is 4.95 Å². The maximum atomic E-state index is 5.66. The van der Waals surface area contributed by atoms with Crippen LogP contribution in [-0.4, -0.2) is 4.95 Å². The lowest BCUT2D eigenvalue weighted by Gasteiger charge is -2.04. The third-order valence-corrected chi connectivity index (χ3v) is 4.29. The van der Waals surface area contributed by atoms with Crippen molar-refractivity contribution in [2.24, 2.45) is 5.73 Å². The molecule has 0 saturated carbocycles. The van der Waals surface area contributed by atoms with Gasteiger partial charge in [0.2, 0.25) is 0 Å². The van der Waals surface area contributed by atoms with Crippen LogP contribution in [0.2, 0.25) is 0 Å². The van der Waals surface area contributed by atoms with Gasteiger partial charge >= 0.3 is 0 Å². The standard InChI is InChI=1S/C17H36BrN/c1-2-3-4-5-6-7-8-9-10-11-12-13-14-15-16-17(18)19/h17H,2-16,19H2,1H3. The normalized spacial score (nSPS) is 12.8. The van der Waals surface area contributed by atoms with Crippen LogP contribution in [0.3, 0.4) is 0 Å². The molecule has 0 saturated heterocycles. The Morgan fingerprint density at radius 2 is 0.947 bits per heavy atom. The number of unbranched alkanes of at least 4 members (excludes halogenated alkanes) is 13. The first kappa shape index (κ1) is 19.4. The van der Waals surface area contributed by atoms with Crippen molar-refractivity contribution < 1.29 is 0 Å². The molecule has 0 amide bonds. The van der Waals surface area contributed by atoms with E-state index in [4.69, 9.17) is 5.73 Å². The van der Waals surface area contributed by atoms with Gasteiger partial charge in [-0.1, -0.05) is 113 Å². The summed E-state index contributed by atoms with van der Waals surface area (Å²) in [5.74, 6) is 0. The predicted octanol–water partition coefficient (Wildman–Crippen LogP) is 6.54. The second kappa shape index (κ2) is 16.5. The zero-order chi connectivity index (χ0) is 14.2. The number of hydrogen-bond acceptors (Lipinski definition) is 1. The van der Waals surface area contributed by atoms with Gasteiger partial charge < -0.3 is 5.73 Å². The molecular formula is C17H36BrN. The van der Waals surface area contributed by atoms with E-state index in [1.807, 2.05) is 0 Å². The lowest BCUT2D eigenvalue weighted by Crippen LogP contribution is -2.09. The van der Waals surface area contributed by atoms with E-state index in [0.29, 0.717) is 0 Å². The lowest BCUT2D eigenvalue weighted by molar-refractivity contribution is 0.532. The predicted molar refractivity (Wildman–Crippen MR) is 91.8 cm³/mol. The number of alkyl halides is 1. The highest BCUT2D eigenvalue weighted by atomic mass is 79.9. The molecule has 0 radical (unpaired) electrons. The van der Waals surface area contributed by atoms with Crippen molar-refractivity contribution in [3.8, 4) is 0 Å². The van der Waals surface area contributed by atoms with Gasteiger partial charge in [0.25, 0.3) is 0 Å². The zero-order valence-corrected chi connectivity index (χ0v) is 14.7. The molecule has 1 nitrogen and oxygen atoms in total. The summed E-state index contributed by atoms with van der Waals surface area (Å²) in [6, 6.07) is 0. The van der Waals surface area contributed by atoms with Crippen molar-refractivity contribution in [3.05, 3.63) is 0 Å².